The maximum Gasteiger partial charge on any atom is 0.211 e. The van der Waals surface area contributed by atoms with E-state index < -0.39 is 15.6 Å². The van der Waals surface area contributed by atoms with Crippen LogP contribution >= 0.6 is 0 Å². The van der Waals surface area contributed by atoms with Crippen LogP contribution in [0.2, 0.25) is 0 Å². The average Bonchev–Trinajstić information content (AvgIpc) is 2.78. The SMILES string of the molecule is CC1(C)CC(c2c[nH]c3cc(F)ccc23)CCN1S(C)(=O)=O. The van der Waals surface area contributed by atoms with Gasteiger partial charge in [0.1, 0.15) is 5.82 Å². The molecule has 4 nitrogen and oxygen atoms in total. The van der Waals surface area contributed by atoms with E-state index >= 15 is 0 Å². The molecule has 2 aromatic rings. The molecule has 1 saturated heterocycles. The number of piperidine rings is 1. The lowest BCUT2D eigenvalue weighted by atomic mass is 9.80. The molecule has 1 aliphatic heterocycles. The quantitative estimate of drug-likeness (QED) is 0.922. The van der Waals surface area contributed by atoms with Crippen LogP contribution in [0.5, 0.6) is 0 Å². The molecule has 0 saturated carbocycles. The Balaban J connectivity index is 1.94. The lowest BCUT2D eigenvalue weighted by Crippen LogP contribution is -2.51. The first-order chi connectivity index (χ1) is 10.2. The Morgan fingerprint density at radius 1 is 1.36 bits per heavy atom. The molecule has 1 fully saturated rings. The summed E-state index contributed by atoms with van der Waals surface area (Å²) in [5, 5.41) is 1.02. The summed E-state index contributed by atoms with van der Waals surface area (Å²) < 4.78 is 38.7. The molecular weight excluding hydrogens is 303 g/mol. The van der Waals surface area contributed by atoms with Crippen LogP contribution in [0.3, 0.4) is 0 Å². The molecule has 1 aromatic carbocycles. The molecule has 0 amide bonds. The van der Waals surface area contributed by atoms with Gasteiger partial charge in [0.25, 0.3) is 0 Å². The maximum absolute atomic E-state index is 13.3. The normalized spacial score (nSPS) is 23.0. The minimum Gasteiger partial charge on any atom is -0.361 e. The van der Waals surface area contributed by atoms with Gasteiger partial charge in [0.05, 0.1) is 6.26 Å². The van der Waals surface area contributed by atoms with Gasteiger partial charge in [-0.3, -0.25) is 0 Å². The molecule has 1 N–H and O–H groups in total. The smallest absolute Gasteiger partial charge is 0.211 e. The van der Waals surface area contributed by atoms with E-state index in [0.717, 1.165) is 29.3 Å². The number of hydrogen-bond donors (Lipinski definition) is 1. The average molecular weight is 324 g/mol. The number of H-pyrrole nitrogens is 1. The fourth-order valence-electron chi connectivity index (χ4n) is 3.72. The summed E-state index contributed by atoms with van der Waals surface area (Å²) in [6, 6.07) is 4.76. The molecule has 0 spiro atoms. The molecule has 120 valence electrons. The van der Waals surface area contributed by atoms with Gasteiger partial charge in [-0.15, -0.1) is 0 Å². The maximum atomic E-state index is 13.3. The standard InChI is InChI=1S/C16H21FN2O2S/c1-16(2)9-11(6-7-19(16)22(3,20)21)14-10-18-15-8-12(17)4-5-13(14)15/h4-5,8,10-11,18H,6-7,9H2,1-3H3. The van der Waals surface area contributed by atoms with Crippen molar-refractivity contribution in [1.29, 1.82) is 0 Å². The van der Waals surface area contributed by atoms with Gasteiger partial charge in [-0.05, 0) is 56.4 Å². The van der Waals surface area contributed by atoms with Gasteiger partial charge in [0.15, 0.2) is 0 Å². The van der Waals surface area contributed by atoms with Gasteiger partial charge in [0, 0.05) is 29.2 Å². The molecule has 1 aromatic heterocycles. The third-order valence-corrected chi connectivity index (χ3v) is 6.10. The number of sulfonamides is 1. The van der Waals surface area contributed by atoms with Gasteiger partial charge in [0.2, 0.25) is 10.0 Å². The van der Waals surface area contributed by atoms with Crippen LogP contribution in [0.25, 0.3) is 10.9 Å². The molecule has 0 bridgehead atoms. The van der Waals surface area contributed by atoms with Crippen molar-refractivity contribution in [2.45, 2.75) is 38.1 Å². The second-order valence-corrected chi connectivity index (χ2v) is 8.68. The van der Waals surface area contributed by atoms with E-state index in [1.54, 1.807) is 10.4 Å². The number of aromatic amines is 1. The van der Waals surface area contributed by atoms with Crippen LogP contribution in [-0.4, -0.2) is 36.0 Å². The Morgan fingerprint density at radius 3 is 2.73 bits per heavy atom. The van der Waals surface area contributed by atoms with E-state index in [0.29, 0.717) is 6.54 Å². The number of halogens is 1. The first kappa shape index (κ1) is 15.5. The van der Waals surface area contributed by atoms with Crippen molar-refractivity contribution in [3.8, 4) is 0 Å². The third kappa shape index (κ3) is 2.65. The summed E-state index contributed by atoms with van der Waals surface area (Å²) in [7, 11) is -3.20. The van der Waals surface area contributed by atoms with Crippen molar-refractivity contribution in [2.24, 2.45) is 0 Å². The Hall–Kier alpha value is -1.40. The van der Waals surface area contributed by atoms with Gasteiger partial charge < -0.3 is 4.98 Å². The number of aromatic nitrogens is 1. The zero-order valence-electron chi connectivity index (χ0n) is 13.1. The van der Waals surface area contributed by atoms with Gasteiger partial charge >= 0.3 is 0 Å². The van der Waals surface area contributed by atoms with Crippen LogP contribution < -0.4 is 0 Å². The fraction of sp³-hybridized carbons (Fsp3) is 0.500. The zero-order chi connectivity index (χ0) is 16.1. The van der Waals surface area contributed by atoms with Crippen LogP contribution in [-0.2, 0) is 10.0 Å². The minimum absolute atomic E-state index is 0.256. The second kappa shape index (κ2) is 5.06. The fourth-order valence-corrected chi connectivity index (χ4v) is 5.13. The van der Waals surface area contributed by atoms with Crippen molar-refractivity contribution in [3.63, 3.8) is 0 Å². The number of nitrogens with zero attached hydrogens (tertiary/aromatic N) is 1. The van der Waals surface area contributed by atoms with E-state index in [9.17, 15) is 12.8 Å². The summed E-state index contributed by atoms with van der Waals surface area (Å²) in [6.45, 7) is 4.45. The molecule has 3 rings (SSSR count). The molecule has 1 aliphatic rings. The van der Waals surface area contributed by atoms with Crippen molar-refractivity contribution in [3.05, 3.63) is 35.8 Å². The van der Waals surface area contributed by atoms with E-state index in [1.807, 2.05) is 20.0 Å². The van der Waals surface area contributed by atoms with E-state index in [2.05, 4.69) is 4.98 Å². The largest absolute Gasteiger partial charge is 0.361 e. The highest BCUT2D eigenvalue weighted by atomic mass is 32.2. The highest BCUT2D eigenvalue weighted by Crippen LogP contribution is 2.41. The third-order valence-electron chi connectivity index (χ3n) is 4.62. The molecular formula is C16H21FN2O2S. The second-order valence-electron chi connectivity index (χ2n) is 6.77. The predicted molar refractivity (Wildman–Crippen MR) is 85.9 cm³/mol. The van der Waals surface area contributed by atoms with Crippen LogP contribution in [0.4, 0.5) is 4.39 Å². The summed E-state index contributed by atoms with van der Waals surface area (Å²) in [5.41, 5.74) is 1.52. The minimum atomic E-state index is -3.20. The van der Waals surface area contributed by atoms with Crippen LogP contribution in [0.15, 0.2) is 24.4 Å². The number of nitrogens with one attached hydrogen (secondary N) is 1. The molecule has 1 unspecified atom stereocenters. The van der Waals surface area contributed by atoms with E-state index in [4.69, 9.17) is 0 Å². The van der Waals surface area contributed by atoms with Gasteiger partial charge in [-0.25, -0.2) is 12.8 Å². The number of benzene rings is 1. The van der Waals surface area contributed by atoms with Crippen molar-refractivity contribution >= 4 is 20.9 Å². The monoisotopic (exact) mass is 324 g/mol. The Morgan fingerprint density at radius 2 is 2.09 bits per heavy atom. The summed E-state index contributed by atoms with van der Waals surface area (Å²) >= 11 is 0. The van der Waals surface area contributed by atoms with Crippen LogP contribution in [0.1, 0.15) is 38.2 Å². The Labute approximate surface area is 130 Å². The van der Waals surface area contributed by atoms with Crippen LogP contribution in [0, 0.1) is 5.82 Å². The molecule has 6 heteroatoms. The van der Waals surface area contributed by atoms with E-state index in [-0.39, 0.29) is 11.7 Å². The number of hydrogen-bond acceptors (Lipinski definition) is 2. The number of fused-ring (bicyclic) bond motifs is 1. The summed E-state index contributed by atoms with van der Waals surface area (Å²) in [6.07, 6.45) is 4.73. The Kier molecular flexibility index (Phi) is 3.57. The molecule has 0 radical (unpaired) electrons. The van der Waals surface area contributed by atoms with Crippen molar-refractivity contribution < 1.29 is 12.8 Å². The van der Waals surface area contributed by atoms with Crippen molar-refractivity contribution in [1.82, 2.24) is 9.29 Å². The zero-order valence-corrected chi connectivity index (χ0v) is 13.9. The first-order valence-corrected chi connectivity index (χ1v) is 9.28. The first-order valence-electron chi connectivity index (χ1n) is 7.43. The van der Waals surface area contributed by atoms with Gasteiger partial charge in [-0.2, -0.15) is 4.31 Å². The summed E-state index contributed by atoms with van der Waals surface area (Å²) in [4.78, 5) is 3.12. The highest BCUT2D eigenvalue weighted by Gasteiger charge is 2.40. The molecule has 0 aliphatic carbocycles. The number of rotatable bonds is 2. The van der Waals surface area contributed by atoms with E-state index in [1.165, 1.54) is 18.4 Å². The molecule has 22 heavy (non-hydrogen) atoms. The Bertz CT molecular complexity index is 811. The molecule has 2 heterocycles. The lowest BCUT2D eigenvalue weighted by molar-refractivity contribution is 0.154. The topological polar surface area (TPSA) is 53.2 Å². The molecule has 1 atom stereocenters. The summed E-state index contributed by atoms with van der Waals surface area (Å²) in [5.74, 6) is 0.0142. The highest BCUT2D eigenvalue weighted by molar-refractivity contribution is 7.88. The lowest BCUT2D eigenvalue weighted by Gasteiger charge is -2.44. The van der Waals surface area contributed by atoms with Crippen molar-refractivity contribution in [2.75, 3.05) is 12.8 Å². The van der Waals surface area contributed by atoms with Gasteiger partial charge in [-0.1, -0.05) is 0 Å². The predicted octanol–water partition coefficient (Wildman–Crippen LogP) is 3.22.